The van der Waals surface area contributed by atoms with Gasteiger partial charge in [-0.25, -0.2) is 0 Å². The van der Waals surface area contributed by atoms with Crippen molar-refractivity contribution >= 4 is 5.91 Å². The van der Waals surface area contributed by atoms with Gasteiger partial charge in [0.1, 0.15) is 11.3 Å². The third-order valence-electron chi connectivity index (χ3n) is 3.27. The molecule has 0 aliphatic carbocycles. The maximum absolute atomic E-state index is 11.7. The number of para-hydroxylation sites is 1. The van der Waals surface area contributed by atoms with Crippen LogP contribution in [0.3, 0.4) is 0 Å². The summed E-state index contributed by atoms with van der Waals surface area (Å²) < 4.78 is 5.62. The highest BCUT2D eigenvalue weighted by atomic mass is 16.5. The van der Waals surface area contributed by atoms with Crippen molar-refractivity contribution in [3.8, 4) is 11.8 Å². The summed E-state index contributed by atoms with van der Waals surface area (Å²) >= 11 is 0. The Morgan fingerprint density at radius 1 is 1.45 bits per heavy atom. The van der Waals surface area contributed by atoms with Gasteiger partial charge in [-0.3, -0.25) is 4.79 Å². The lowest BCUT2D eigenvalue weighted by atomic mass is 10.0. The molecule has 0 bridgehead atoms. The van der Waals surface area contributed by atoms with Gasteiger partial charge in [-0.1, -0.05) is 25.1 Å². The predicted molar refractivity (Wildman–Crippen MR) is 78.4 cm³/mol. The number of hydrogen-bond acceptors (Lipinski definition) is 3. The van der Waals surface area contributed by atoms with Crippen LogP contribution in [0.4, 0.5) is 0 Å². The van der Waals surface area contributed by atoms with Gasteiger partial charge in [-0.05, 0) is 38.3 Å². The van der Waals surface area contributed by atoms with Crippen LogP contribution >= 0.6 is 0 Å². The van der Waals surface area contributed by atoms with Crippen molar-refractivity contribution in [2.75, 3.05) is 6.61 Å². The maximum Gasteiger partial charge on any atom is 0.221 e. The van der Waals surface area contributed by atoms with Gasteiger partial charge in [0.15, 0.2) is 0 Å². The molecule has 0 radical (unpaired) electrons. The molecule has 1 aromatic carbocycles. The summed E-state index contributed by atoms with van der Waals surface area (Å²) in [7, 11) is 0. The molecule has 1 aromatic rings. The van der Waals surface area contributed by atoms with Gasteiger partial charge in [0.05, 0.1) is 12.7 Å². The number of nitrogens with zero attached hydrogens (tertiary/aromatic N) is 1. The monoisotopic (exact) mass is 274 g/mol. The number of nitriles is 1. The second-order valence-electron chi connectivity index (χ2n) is 5.06. The quantitative estimate of drug-likeness (QED) is 0.777. The lowest BCUT2D eigenvalue weighted by molar-refractivity contribution is -0.122. The Labute approximate surface area is 120 Å². The van der Waals surface area contributed by atoms with Crippen molar-refractivity contribution in [1.29, 1.82) is 5.26 Å². The van der Waals surface area contributed by atoms with Crippen LogP contribution < -0.4 is 10.1 Å². The van der Waals surface area contributed by atoms with E-state index in [0.717, 1.165) is 11.3 Å². The lowest BCUT2D eigenvalue weighted by Gasteiger charge is -2.21. The molecule has 1 N–H and O–H groups in total. The Bertz CT molecular complexity index is 493. The van der Waals surface area contributed by atoms with E-state index in [1.165, 1.54) is 0 Å². The zero-order valence-corrected chi connectivity index (χ0v) is 12.4. The van der Waals surface area contributed by atoms with Gasteiger partial charge in [0.25, 0.3) is 0 Å². The Morgan fingerprint density at radius 2 is 2.15 bits per heavy atom. The minimum Gasteiger partial charge on any atom is -0.493 e. The highest BCUT2D eigenvalue weighted by Gasteiger charge is 2.22. The van der Waals surface area contributed by atoms with Crippen LogP contribution in [-0.4, -0.2) is 18.1 Å². The minimum atomic E-state index is -0.770. The molecular weight excluding hydrogens is 252 g/mol. The molecule has 0 aliphatic rings. The van der Waals surface area contributed by atoms with Crippen LogP contribution in [0.25, 0.3) is 0 Å². The first-order chi connectivity index (χ1) is 9.50. The lowest BCUT2D eigenvalue weighted by Crippen LogP contribution is -2.44. The summed E-state index contributed by atoms with van der Waals surface area (Å²) in [5.74, 6) is 0.743. The van der Waals surface area contributed by atoms with E-state index in [-0.39, 0.29) is 5.91 Å². The molecular formula is C16H22N2O2. The summed E-state index contributed by atoms with van der Waals surface area (Å²) in [6.07, 6.45) is 1.59. The van der Waals surface area contributed by atoms with Crippen molar-refractivity contribution in [3.05, 3.63) is 29.8 Å². The van der Waals surface area contributed by atoms with Gasteiger partial charge < -0.3 is 10.1 Å². The van der Waals surface area contributed by atoms with E-state index in [0.29, 0.717) is 25.9 Å². The third-order valence-corrected chi connectivity index (χ3v) is 3.27. The minimum absolute atomic E-state index is 0.107. The maximum atomic E-state index is 11.7. The Kier molecular flexibility index (Phi) is 6.05. The van der Waals surface area contributed by atoms with Gasteiger partial charge in [-0.2, -0.15) is 5.26 Å². The van der Waals surface area contributed by atoms with Crippen molar-refractivity contribution < 1.29 is 9.53 Å². The van der Waals surface area contributed by atoms with Gasteiger partial charge >= 0.3 is 0 Å². The number of aryl methyl sites for hydroxylation is 1. The zero-order valence-electron chi connectivity index (χ0n) is 12.4. The van der Waals surface area contributed by atoms with Crippen LogP contribution in [0.1, 0.15) is 38.7 Å². The normalized spacial score (nSPS) is 13.1. The number of carbonyl (C=O) groups is 1. The Hall–Kier alpha value is -2.02. The largest absolute Gasteiger partial charge is 0.493 e. The summed E-state index contributed by atoms with van der Waals surface area (Å²) in [5, 5.41) is 11.7. The molecule has 0 spiro atoms. The van der Waals surface area contributed by atoms with E-state index in [2.05, 4.69) is 11.4 Å². The highest BCUT2D eigenvalue weighted by Crippen LogP contribution is 2.16. The van der Waals surface area contributed by atoms with E-state index in [1.807, 2.05) is 38.1 Å². The second-order valence-corrected chi connectivity index (χ2v) is 5.06. The van der Waals surface area contributed by atoms with Crippen LogP contribution in [0, 0.1) is 18.3 Å². The number of rotatable bonds is 7. The van der Waals surface area contributed by atoms with Crippen molar-refractivity contribution in [3.63, 3.8) is 0 Å². The van der Waals surface area contributed by atoms with E-state index in [4.69, 9.17) is 10.00 Å². The van der Waals surface area contributed by atoms with Gasteiger partial charge in [0.2, 0.25) is 5.91 Å². The van der Waals surface area contributed by atoms with E-state index >= 15 is 0 Å². The smallest absolute Gasteiger partial charge is 0.221 e. The van der Waals surface area contributed by atoms with Crippen molar-refractivity contribution in [2.24, 2.45) is 0 Å². The van der Waals surface area contributed by atoms with E-state index < -0.39 is 5.54 Å². The molecule has 0 saturated carbocycles. The fourth-order valence-corrected chi connectivity index (χ4v) is 1.70. The molecule has 0 heterocycles. The van der Waals surface area contributed by atoms with Crippen molar-refractivity contribution in [2.45, 2.75) is 45.6 Å². The SMILES string of the molecule is CC[C@@](C)(C#N)NC(=O)CCCOc1ccccc1C. The summed E-state index contributed by atoms with van der Waals surface area (Å²) in [5.41, 5.74) is 0.313. The first kappa shape index (κ1) is 16.0. The fraction of sp³-hybridized carbons (Fsp3) is 0.500. The van der Waals surface area contributed by atoms with E-state index in [9.17, 15) is 4.79 Å². The summed E-state index contributed by atoms with van der Waals surface area (Å²) in [6, 6.07) is 9.91. The van der Waals surface area contributed by atoms with Crippen LogP contribution in [0.5, 0.6) is 5.75 Å². The average Bonchev–Trinajstić information content (AvgIpc) is 2.45. The number of amides is 1. The fourth-order valence-electron chi connectivity index (χ4n) is 1.70. The Morgan fingerprint density at radius 3 is 2.75 bits per heavy atom. The number of hydrogen-bond donors (Lipinski definition) is 1. The molecule has 0 aliphatic heterocycles. The number of nitrogens with one attached hydrogen (secondary N) is 1. The third kappa shape index (κ3) is 4.93. The van der Waals surface area contributed by atoms with Gasteiger partial charge in [-0.15, -0.1) is 0 Å². The first-order valence-electron chi connectivity index (χ1n) is 6.91. The molecule has 20 heavy (non-hydrogen) atoms. The molecule has 0 aromatic heterocycles. The second kappa shape index (κ2) is 7.54. The topological polar surface area (TPSA) is 62.1 Å². The molecule has 1 atom stereocenters. The predicted octanol–water partition coefficient (Wildman–Crippen LogP) is 2.96. The molecule has 4 heteroatoms. The number of ether oxygens (including phenoxy) is 1. The molecule has 0 saturated heterocycles. The van der Waals surface area contributed by atoms with Crippen molar-refractivity contribution in [1.82, 2.24) is 5.32 Å². The first-order valence-corrected chi connectivity index (χ1v) is 6.91. The molecule has 0 fully saturated rings. The van der Waals surface area contributed by atoms with Crippen LogP contribution in [-0.2, 0) is 4.79 Å². The molecule has 1 amide bonds. The zero-order chi connectivity index (χ0) is 15.0. The number of benzene rings is 1. The highest BCUT2D eigenvalue weighted by molar-refractivity contribution is 5.77. The number of carbonyl (C=O) groups excluding carboxylic acids is 1. The van der Waals surface area contributed by atoms with Gasteiger partial charge in [0, 0.05) is 6.42 Å². The average molecular weight is 274 g/mol. The molecule has 108 valence electrons. The van der Waals surface area contributed by atoms with E-state index in [1.54, 1.807) is 6.92 Å². The molecule has 0 unspecified atom stereocenters. The Balaban J connectivity index is 2.30. The molecule has 1 rings (SSSR count). The standard InChI is InChI=1S/C16H22N2O2/c1-4-16(3,12-17)18-15(19)10-7-11-20-14-9-6-5-8-13(14)2/h5-6,8-9H,4,7,10-11H2,1-3H3,(H,18,19)/t16-/m0/s1. The van der Waals surface area contributed by atoms with Crippen LogP contribution in [0.2, 0.25) is 0 Å². The summed E-state index contributed by atoms with van der Waals surface area (Å²) in [6.45, 7) is 6.09. The summed E-state index contributed by atoms with van der Waals surface area (Å²) in [4.78, 5) is 11.7. The molecule has 4 nitrogen and oxygen atoms in total. The van der Waals surface area contributed by atoms with Crippen LogP contribution in [0.15, 0.2) is 24.3 Å².